The first-order valence-corrected chi connectivity index (χ1v) is 13.4. The van der Waals surface area contributed by atoms with Gasteiger partial charge in [-0.15, -0.1) is 0 Å². The Morgan fingerprint density at radius 3 is 2.41 bits per heavy atom. The molecule has 0 aromatic carbocycles. The molecule has 0 bridgehead atoms. The lowest BCUT2D eigenvalue weighted by Gasteiger charge is -2.63. The molecule has 34 heavy (non-hydrogen) atoms. The second-order valence-electron chi connectivity index (χ2n) is 12.7. The maximum atomic E-state index is 12.4. The number of fused-ring (bicyclic) bond motifs is 5. The van der Waals surface area contributed by atoms with Crippen molar-refractivity contribution >= 4 is 11.9 Å². The van der Waals surface area contributed by atoms with Crippen LogP contribution in [0.1, 0.15) is 78.6 Å². The highest BCUT2D eigenvalue weighted by molar-refractivity contribution is 5.80. The summed E-state index contributed by atoms with van der Waals surface area (Å²) in [6.07, 6.45) is 5.90. The summed E-state index contributed by atoms with van der Waals surface area (Å²) < 4.78 is 0. The predicted octanol–water partition coefficient (Wildman–Crippen LogP) is 2.91. The van der Waals surface area contributed by atoms with Crippen molar-refractivity contribution < 1.29 is 30.0 Å². The SMILES string of the molecule is C[C@H](CCC(=O)N([11CH3])CC(=O)O)[C@H]1CCC2C3C(O)CC4C[C@H](O)CC[C@]4(C)C3C[C@H](O)[C@@]21C. The molecule has 194 valence electrons. The molecule has 0 radical (unpaired) electrons. The number of carboxylic acid groups (broad SMARTS) is 1. The lowest BCUT2D eigenvalue weighted by atomic mass is 9.43. The maximum Gasteiger partial charge on any atom is 0.323 e. The number of amides is 1. The number of aliphatic hydroxyl groups is 3. The number of aliphatic hydroxyl groups excluding tert-OH is 3. The number of hydrogen-bond donors (Lipinski definition) is 4. The Balaban J connectivity index is 1.49. The largest absolute Gasteiger partial charge is 0.480 e. The lowest BCUT2D eigenvalue weighted by molar-refractivity contribution is -0.207. The van der Waals surface area contributed by atoms with Gasteiger partial charge in [0.15, 0.2) is 0 Å². The van der Waals surface area contributed by atoms with Crippen LogP contribution in [0, 0.1) is 46.3 Å². The van der Waals surface area contributed by atoms with Crippen LogP contribution in [0.3, 0.4) is 0 Å². The van der Waals surface area contributed by atoms with E-state index in [-0.39, 0.29) is 65.1 Å². The fraction of sp³-hybridized carbons (Fsp3) is 0.926. The standard InChI is InChI=1S/C27H45NO6/c1-15(5-8-23(32)28(4)14-24(33)34)18-6-7-19-25-20(13-22(31)27(18,19)3)26(2)10-9-17(29)11-16(26)12-21(25)30/h15-22,25,29-31H,5-14H2,1-4H3,(H,33,34)/t15-,16?,17-,18-,19?,20?,21?,22+,25?,26+,27-/m1/s1/i4-1. The number of aliphatic carboxylic acids is 1. The zero-order valence-corrected chi connectivity index (χ0v) is 21.3. The fourth-order valence-corrected chi connectivity index (χ4v) is 9.17. The lowest BCUT2D eigenvalue weighted by Crippen LogP contribution is -2.62. The quantitative estimate of drug-likeness (QED) is 0.466. The van der Waals surface area contributed by atoms with E-state index in [4.69, 9.17) is 5.11 Å². The number of hydrogen-bond acceptors (Lipinski definition) is 5. The van der Waals surface area contributed by atoms with Crippen LogP contribution in [-0.4, -0.2) is 69.1 Å². The van der Waals surface area contributed by atoms with Gasteiger partial charge >= 0.3 is 5.97 Å². The van der Waals surface area contributed by atoms with Crippen LogP contribution in [0.15, 0.2) is 0 Å². The molecule has 4 saturated carbocycles. The van der Waals surface area contributed by atoms with Gasteiger partial charge in [-0.1, -0.05) is 20.8 Å². The summed E-state index contributed by atoms with van der Waals surface area (Å²) in [5.74, 6) is 0.387. The number of carbonyl (C=O) groups is 2. The van der Waals surface area contributed by atoms with Gasteiger partial charge in [-0.3, -0.25) is 9.59 Å². The molecular weight excluding hydrogens is 433 g/mol. The highest BCUT2D eigenvalue weighted by atomic mass is 16.4. The first-order valence-electron chi connectivity index (χ1n) is 13.4. The molecule has 0 aromatic heterocycles. The summed E-state index contributed by atoms with van der Waals surface area (Å²) in [7, 11) is 1.53. The molecule has 1 amide bonds. The van der Waals surface area contributed by atoms with Crippen LogP contribution in [-0.2, 0) is 9.59 Å². The van der Waals surface area contributed by atoms with Crippen molar-refractivity contribution in [3.8, 4) is 0 Å². The summed E-state index contributed by atoms with van der Waals surface area (Å²) in [4.78, 5) is 24.6. The van der Waals surface area contributed by atoms with Crippen LogP contribution in [0.4, 0.5) is 0 Å². The van der Waals surface area contributed by atoms with Crippen molar-refractivity contribution in [3.05, 3.63) is 0 Å². The highest BCUT2D eigenvalue weighted by Gasteiger charge is 2.65. The number of carboxylic acids is 1. The van der Waals surface area contributed by atoms with Crippen molar-refractivity contribution in [2.45, 2.75) is 96.9 Å². The van der Waals surface area contributed by atoms with Gasteiger partial charge in [0.25, 0.3) is 0 Å². The third-order valence-corrected chi connectivity index (χ3v) is 11.1. The predicted molar refractivity (Wildman–Crippen MR) is 128 cm³/mol. The van der Waals surface area contributed by atoms with Crippen molar-refractivity contribution in [2.75, 3.05) is 13.6 Å². The maximum absolute atomic E-state index is 12.4. The monoisotopic (exact) mass is 478 g/mol. The van der Waals surface area contributed by atoms with Crippen LogP contribution in [0.5, 0.6) is 0 Å². The van der Waals surface area contributed by atoms with Gasteiger partial charge in [-0.05, 0) is 97.7 Å². The van der Waals surface area contributed by atoms with Crippen molar-refractivity contribution in [1.29, 1.82) is 0 Å². The van der Waals surface area contributed by atoms with E-state index in [1.807, 2.05) is 0 Å². The van der Waals surface area contributed by atoms with E-state index in [0.29, 0.717) is 25.2 Å². The van der Waals surface area contributed by atoms with E-state index in [2.05, 4.69) is 20.8 Å². The minimum Gasteiger partial charge on any atom is -0.480 e. The van der Waals surface area contributed by atoms with Gasteiger partial charge in [0, 0.05) is 13.5 Å². The minimum atomic E-state index is -1.01. The number of likely N-dealkylation sites (N-methyl/N-ethyl adjacent to an activating group) is 1. The Morgan fingerprint density at radius 1 is 1.03 bits per heavy atom. The van der Waals surface area contributed by atoms with Gasteiger partial charge in [-0.2, -0.15) is 0 Å². The van der Waals surface area contributed by atoms with E-state index in [0.717, 1.165) is 38.5 Å². The molecule has 0 aromatic rings. The zero-order valence-electron chi connectivity index (χ0n) is 21.3. The molecule has 5 unspecified atom stereocenters. The molecule has 0 aliphatic heterocycles. The molecule has 11 atom stereocenters. The third-order valence-electron chi connectivity index (χ3n) is 11.1. The summed E-state index contributed by atoms with van der Waals surface area (Å²) in [5, 5.41) is 42.2. The molecular formula is C27H45NO6. The van der Waals surface area contributed by atoms with E-state index in [1.54, 1.807) is 0 Å². The van der Waals surface area contributed by atoms with E-state index >= 15 is 0 Å². The van der Waals surface area contributed by atoms with E-state index in [1.165, 1.54) is 11.9 Å². The Kier molecular flexibility index (Phi) is 7.13. The summed E-state index contributed by atoms with van der Waals surface area (Å²) in [6.45, 7) is 6.44. The van der Waals surface area contributed by atoms with Crippen molar-refractivity contribution in [3.63, 3.8) is 0 Å². The van der Waals surface area contributed by atoms with Crippen LogP contribution in [0.25, 0.3) is 0 Å². The van der Waals surface area contributed by atoms with E-state index < -0.39 is 12.1 Å². The minimum absolute atomic E-state index is 0.0658. The Bertz CT molecular complexity index is 789. The average molecular weight is 479 g/mol. The second-order valence-corrected chi connectivity index (χ2v) is 12.7. The van der Waals surface area contributed by atoms with Gasteiger partial charge < -0.3 is 25.3 Å². The van der Waals surface area contributed by atoms with Gasteiger partial charge in [0.1, 0.15) is 6.54 Å². The Labute approximate surface area is 203 Å². The molecule has 4 aliphatic carbocycles. The zero-order chi connectivity index (χ0) is 25.0. The molecule has 4 N–H and O–H groups in total. The average Bonchev–Trinajstić information content (AvgIpc) is 3.12. The van der Waals surface area contributed by atoms with Crippen molar-refractivity contribution in [1.82, 2.24) is 4.90 Å². The first kappa shape index (κ1) is 25.9. The smallest absolute Gasteiger partial charge is 0.323 e. The fourth-order valence-electron chi connectivity index (χ4n) is 9.17. The third kappa shape index (κ3) is 4.20. The molecule has 7 heteroatoms. The number of carbonyl (C=O) groups excluding carboxylic acids is 1. The summed E-state index contributed by atoms with van der Waals surface area (Å²) in [6, 6.07) is 0. The summed E-state index contributed by atoms with van der Waals surface area (Å²) in [5.41, 5.74) is -0.217. The molecule has 4 fully saturated rings. The number of rotatable bonds is 6. The highest BCUT2D eigenvalue weighted by Crippen LogP contribution is 2.68. The second kappa shape index (κ2) is 9.36. The van der Waals surface area contributed by atoms with Crippen LogP contribution in [0.2, 0.25) is 0 Å². The molecule has 4 rings (SSSR count). The Hall–Kier alpha value is -1.18. The normalized spacial score (nSPS) is 46.7. The molecule has 0 spiro atoms. The molecule has 7 nitrogen and oxygen atoms in total. The van der Waals surface area contributed by atoms with Crippen molar-refractivity contribution in [2.24, 2.45) is 46.3 Å². The van der Waals surface area contributed by atoms with E-state index in [9.17, 15) is 24.9 Å². The van der Waals surface area contributed by atoms with Gasteiger partial charge in [0.05, 0.1) is 18.3 Å². The van der Waals surface area contributed by atoms with Gasteiger partial charge in [0.2, 0.25) is 5.91 Å². The Morgan fingerprint density at radius 2 is 1.74 bits per heavy atom. The van der Waals surface area contributed by atoms with Crippen LogP contribution < -0.4 is 0 Å². The van der Waals surface area contributed by atoms with Gasteiger partial charge in [-0.25, -0.2) is 0 Å². The topological polar surface area (TPSA) is 118 Å². The first-order chi connectivity index (χ1) is 15.9. The molecule has 0 heterocycles. The molecule has 0 saturated heterocycles. The van der Waals surface area contributed by atoms with Crippen LogP contribution >= 0.6 is 0 Å². The summed E-state index contributed by atoms with van der Waals surface area (Å²) >= 11 is 0. The molecule has 4 aliphatic rings. The number of nitrogens with zero attached hydrogens (tertiary/aromatic N) is 1.